The van der Waals surface area contributed by atoms with E-state index in [1.807, 2.05) is 60.7 Å². The number of nitrogens with one attached hydrogen (secondary N) is 3. The molecule has 208 valence electrons. The maximum atomic E-state index is 13.6. The zero-order valence-electron chi connectivity index (χ0n) is 23.0. The average Bonchev–Trinajstić information content (AvgIpc) is 2.91. The number of anilines is 1. The number of sulfonamides is 1. The number of carbonyl (C=O) groups is 2. The van der Waals surface area contributed by atoms with Crippen molar-refractivity contribution in [1.82, 2.24) is 10.0 Å². The molecule has 0 radical (unpaired) electrons. The first-order chi connectivity index (χ1) is 19.0. The van der Waals surface area contributed by atoms with Crippen molar-refractivity contribution in [1.29, 1.82) is 0 Å². The molecule has 0 saturated carbocycles. The molecular weight excluding hydrogens is 522 g/mol. The molecule has 0 bridgehead atoms. The quantitative estimate of drug-likeness (QED) is 0.249. The lowest BCUT2D eigenvalue weighted by molar-refractivity contribution is -0.126. The summed E-state index contributed by atoms with van der Waals surface area (Å²) in [5.74, 6) is -0.607. The summed E-state index contributed by atoms with van der Waals surface area (Å²) in [5, 5.41) is 6.92. The topological polar surface area (TPSA) is 104 Å². The summed E-state index contributed by atoms with van der Waals surface area (Å²) in [5.41, 5.74) is 1.76. The summed E-state index contributed by atoms with van der Waals surface area (Å²) < 4.78 is 29.0. The Morgan fingerprint density at radius 2 is 1.35 bits per heavy atom. The third-order valence-corrected chi connectivity index (χ3v) is 8.10. The Labute approximate surface area is 236 Å². The Morgan fingerprint density at radius 3 is 2.00 bits per heavy atom. The molecule has 0 saturated heterocycles. The van der Waals surface area contributed by atoms with E-state index in [0.717, 1.165) is 11.1 Å². The van der Waals surface area contributed by atoms with Gasteiger partial charge in [-0.1, -0.05) is 84.9 Å². The van der Waals surface area contributed by atoms with Crippen molar-refractivity contribution < 1.29 is 18.0 Å². The van der Waals surface area contributed by atoms with Gasteiger partial charge in [-0.05, 0) is 50.5 Å². The van der Waals surface area contributed by atoms with Crippen molar-refractivity contribution in [2.24, 2.45) is 0 Å². The van der Waals surface area contributed by atoms with Crippen LogP contribution in [0.1, 0.15) is 38.3 Å². The second kappa shape index (κ2) is 12.4. The maximum absolute atomic E-state index is 13.6. The lowest BCUT2D eigenvalue weighted by Gasteiger charge is -2.22. The summed E-state index contributed by atoms with van der Waals surface area (Å²) in [6.07, 6.45) is 1.12. The van der Waals surface area contributed by atoms with Crippen LogP contribution in [0.4, 0.5) is 5.69 Å². The fraction of sp³-hybridized carbons (Fsp3) is 0.250. The van der Waals surface area contributed by atoms with Crippen molar-refractivity contribution in [3.8, 4) is 0 Å². The van der Waals surface area contributed by atoms with E-state index in [4.69, 9.17) is 0 Å². The molecule has 8 heteroatoms. The summed E-state index contributed by atoms with van der Waals surface area (Å²) in [7, 11) is -3.81. The van der Waals surface area contributed by atoms with Crippen molar-refractivity contribution in [3.05, 3.63) is 108 Å². The van der Waals surface area contributed by atoms with E-state index in [9.17, 15) is 18.0 Å². The molecule has 4 aromatic rings. The standard InChI is InChI=1S/C32H35N3O4S/c1-32(2,3)35-40(38,39)29-19-11-16-25-26(29)17-10-18-27(25)34-31(37)28(22-24-14-8-5-9-15-24)33-30(36)21-20-23-12-6-4-7-13-23/h4-19,28,35H,20-22H2,1-3H3,(H,33,36)(H,34,37)/t28-/m0/s1. The third-order valence-electron chi connectivity index (χ3n) is 6.29. The molecule has 4 rings (SSSR count). The van der Waals surface area contributed by atoms with E-state index < -0.39 is 21.6 Å². The average molecular weight is 558 g/mol. The third kappa shape index (κ3) is 7.77. The van der Waals surface area contributed by atoms with Gasteiger partial charge >= 0.3 is 0 Å². The number of rotatable bonds is 10. The summed E-state index contributed by atoms with van der Waals surface area (Å²) in [4.78, 5) is 26.6. The normalized spacial score (nSPS) is 12.6. The highest BCUT2D eigenvalue weighted by atomic mass is 32.2. The van der Waals surface area contributed by atoms with E-state index in [2.05, 4.69) is 15.4 Å². The maximum Gasteiger partial charge on any atom is 0.247 e. The predicted octanol–water partition coefficient (Wildman–Crippen LogP) is 5.22. The zero-order valence-corrected chi connectivity index (χ0v) is 23.8. The van der Waals surface area contributed by atoms with Crippen LogP contribution in [-0.4, -0.2) is 31.8 Å². The molecule has 2 amide bonds. The van der Waals surface area contributed by atoms with Crippen LogP contribution in [0.3, 0.4) is 0 Å². The van der Waals surface area contributed by atoms with Crippen LogP contribution in [0.25, 0.3) is 10.8 Å². The van der Waals surface area contributed by atoms with E-state index in [0.29, 0.717) is 29.3 Å². The molecule has 0 aliphatic heterocycles. The van der Waals surface area contributed by atoms with Crippen LogP contribution in [0.5, 0.6) is 0 Å². The van der Waals surface area contributed by atoms with Gasteiger partial charge in [0.2, 0.25) is 21.8 Å². The molecule has 0 unspecified atom stereocenters. The Hall–Kier alpha value is -4.01. The van der Waals surface area contributed by atoms with E-state index in [1.165, 1.54) is 0 Å². The van der Waals surface area contributed by atoms with Crippen molar-refractivity contribution in [3.63, 3.8) is 0 Å². The first-order valence-electron chi connectivity index (χ1n) is 13.3. The van der Waals surface area contributed by atoms with Crippen molar-refractivity contribution in [2.75, 3.05) is 5.32 Å². The molecule has 1 atom stereocenters. The van der Waals surface area contributed by atoms with Gasteiger partial charge in [0.05, 0.1) is 4.90 Å². The second-order valence-corrected chi connectivity index (χ2v) is 12.4. The second-order valence-electron chi connectivity index (χ2n) is 10.8. The molecule has 0 fully saturated rings. The number of fused-ring (bicyclic) bond motifs is 1. The Balaban J connectivity index is 1.58. The lowest BCUT2D eigenvalue weighted by Crippen LogP contribution is -2.45. The van der Waals surface area contributed by atoms with Gasteiger partial charge in [-0.2, -0.15) is 0 Å². The summed E-state index contributed by atoms with van der Waals surface area (Å²) in [6.45, 7) is 5.34. The summed E-state index contributed by atoms with van der Waals surface area (Å²) >= 11 is 0. The van der Waals surface area contributed by atoms with Gasteiger partial charge in [0.25, 0.3) is 0 Å². The van der Waals surface area contributed by atoms with Gasteiger partial charge in [0, 0.05) is 34.8 Å². The number of carbonyl (C=O) groups excluding carboxylic acids is 2. The molecule has 0 heterocycles. The number of hydrogen-bond donors (Lipinski definition) is 3. The highest BCUT2D eigenvalue weighted by molar-refractivity contribution is 7.89. The Kier molecular flexibility index (Phi) is 9.02. The van der Waals surface area contributed by atoms with Gasteiger partial charge in [-0.25, -0.2) is 13.1 Å². The highest BCUT2D eigenvalue weighted by Gasteiger charge is 2.25. The molecule has 4 aromatic carbocycles. The van der Waals surface area contributed by atoms with Crippen LogP contribution in [0.15, 0.2) is 102 Å². The first-order valence-corrected chi connectivity index (χ1v) is 14.7. The zero-order chi connectivity index (χ0) is 28.8. The van der Waals surface area contributed by atoms with Gasteiger partial charge < -0.3 is 10.6 Å². The van der Waals surface area contributed by atoms with Crippen LogP contribution in [-0.2, 0) is 32.5 Å². The van der Waals surface area contributed by atoms with E-state index >= 15 is 0 Å². The first kappa shape index (κ1) is 29.0. The minimum absolute atomic E-state index is 0.131. The fourth-order valence-corrected chi connectivity index (χ4v) is 6.17. The Morgan fingerprint density at radius 1 is 0.750 bits per heavy atom. The van der Waals surface area contributed by atoms with Crippen molar-refractivity contribution in [2.45, 2.75) is 56.5 Å². The summed E-state index contributed by atoms with van der Waals surface area (Å²) in [6, 6.07) is 28.5. The molecule has 3 N–H and O–H groups in total. The van der Waals surface area contributed by atoms with Gasteiger partial charge in [0.15, 0.2) is 0 Å². The smallest absolute Gasteiger partial charge is 0.247 e. The van der Waals surface area contributed by atoms with Crippen LogP contribution >= 0.6 is 0 Å². The molecule has 0 aliphatic carbocycles. The van der Waals surface area contributed by atoms with E-state index in [1.54, 1.807) is 57.2 Å². The van der Waals surface area contributed by atoms with Gasteiger partial charge in [0.1, 0.15) is 6.04 Å². The predicted molar refractivity (Wildman–Crippen MR) is 159 cm³/mol. The SMILES string of the molecule is CC(C)(C)NS(=O)(=O)c1cccc2c(NC(=O)[C@H](Cc3ccccc3)NC(=O)CCc3ccccc3)cccc12. The number of aryl methyl sites for hydroxylation is 1. The number of hydrogen-bond acceptors (Lipinski definition) is 4. The lowest BCUT2D eigenvalue weighted by atomic mass is 10.0. The fourth-order valence-electron chi connectivity index (χ4n) is 4.53. The minimum Gasteiger partial charge on any atom is -0.344 e. The molecule has 0 spiro atoms. The van der Waals surface area contributed by atoms with Crippen LogP contribution in [0, 0.1) is 0 Å². The molecular formula is C32H35N3O4S. The number of amides is 2. The molecule has 40 heavy (non-hydrogen) atoms. The van der Waals surface area contributed by atoms with Crippen molar-refractivity contribution >= 4 is 38.3 Å². The monoisotopic (exact) mass is 557 g/mol. The largest absolute Gasteiger partial charge is 0.344 e. The van der Waals surface area contributed by atoms with Gasteiger partial charge in [-0.15, -0.1) is 0 Å². The molecule has 0 aromatic heterocycles. The van der Waals surface area contributed by atoms with Crippen LogP contribution in [0.2, 0.25) is 0 Å². The highest BCUT2D eigenvalue weighted by Crippen LogP contribution is 2.29. The molecule has 7 nitrogen and oxygen atoms in total. The Bertz CT molecular complexity index is 1580. The minimum atomic E-state index is -3.81. The van der Waals surface area contributed by atoms with Crippen LogP contribution < -0.4 is 15.4 Å². The number of benzene rings is 4. The van der Waals surface area contributed by atoms with E-state index in [-0.39, 0.29) is 23.1 Å². The van der Waals surface area contributed by atoms with Gasteiger partial charge in [-0.3, -0.25) is 9.59 Å². The molecule has 0 aliphatic rings.